The summed E-state index contributed by atoms with van der Waals surface area (Å²) < 4.78 is 16.1. The summed E-state index contributed by atoms with van der Waals surface area (Å²) in [4.78, 5) is 18.0. The van der Waals surface area contributed by atoms with E-state index in [2.05, 4.69) is 4.98 Å². The molecule has 0 radical (unpaired) electrons. The monoisotopic (exact) mass is 328 g/mol. The summed E-state index contributed by atoms with van der Waals surface area (Å²) >= 11 is 0. The maximum absolute atomic E-state index is 11.7. The van der Waals surface area contributed by atoms with Crippen molar-refractivity contribution in [2.24, 2.45) is 0 Å². The van der Waals surface area contributed by atoms with Gasteiger partial charge in [0.2, 0.25) is 0 Å². The number of aromatic nitrogens is 1. The van der Waals surface area contributed by atoms with Crippen molar-refractivity contribution in [2.75, 3.05) is 31.8 Å². The van der Waals surface area contributed by atoms with Gasteiger partial charge in [0, 0.05) is 19.8 Å². The molecule has 0 atom stereocenters. The van der Waals surface area contributed by atoms with Crippen LogP contribution in [0.4, 0.5) is 5.82 Å². The first-order valence-electron chi connectivity index (χ1n) is 7.90. The maximum atomic E-state index is 11.7. The van der Waals surface area contributed by atoms with Crippen molar-refractivity contribution in [3.63, 3.8) is 0 Å². The number of rotatable bonds is 5. The lowest BCUT2D eigenvalue weighted by Gasteiger charge is -2.21. The molecule has 2 aromatic rings. The quantitative estimate of drug-likeness (QED) is 0.787. The van der Waals surface area contributed by atoms with Crippen molar-refractivity contribution < 1.29 is 19.0 Å². The molecule has 0 saturated carbocycles. The molecule has 126 valence electrons. The predicted molar refractivity (Wildman–Crippen MR) is 89.7 cm³/mol. The molecule has 0 bridgehead atoms. The smallest absolute Gasteiger partial charge is 0.339 e. The van der Waals surface area contributed by atoms with Crippen LogP contribution in [0.25, 0.3) is 0 Å². The van der Waals surface area contributed by atoms with E-state index in [1.165, 1.54) is 6.20 Å². The Morgan fingerprint density at radius 2 is 2.00 bits per heavy atom. The van der Waals surface area contributed by atoms with E-state index in [-0.39, 0.29) is 5.97 Å². The first-order chi connectivity index (χ1) is 11.7. The zero-order valence-corrected chi connectivity index (χ0v) is 13.8. The van der Waals surface area contributed by atoms with E-state index in [4.69, 9.17) is 14.2 Å². The zero-order valence-electron chi connectivity index (χ0n) is 13.8. The number of carbonyl (C=O) groups is 1. The van der Waals surface area contributed by atoms with E-state index in [1.54, 1.807) is 13.0 Å². The summed E-state index contributed by atoms with van der Waals surface area (Å²) in [6.07, 6.45) is 1.54. The van der Waals surface area contributed by atoms with Crippen molar-refractivity contribution in [1.29, 1.82) is 0 Å². The highest BCUT2D eigenvalue weighted by molar-refractivity contribution is 5.89. The van der Waals surface area contributed by atoms with Crippen LogP contribution in [0.2, 0.25) is 0 Å². The molecule has 0 unspecified atom stereocenters. The second-order valence-corrected chi connectivity index (χ2v) is 5.46. The predicted octanol–water partition coefficient (Wildman–Crippen LogP) is 2.67. The van der Waals surface area contributed by atoms with Gasteiger partial charge >= 0.3 is 5.97 Å². The van der Waals surface area contributed by atoms with Gasteiger partial charge in [-0.25, -0.2) is 9.78 Å². The third-order valence-corrected chi connectivity index (χ3v) is 3.68. The number of ether oxygens (including phenoxy) is 3. The number of hydrogen-bond donors (Lipinski definition) is 0. The Bertz CT molecular complexity index is 715. The summed E-state index contributed by atoms with van der Waals surface area (Å²) in [6, 6.07) is 9.45. The van der Waals surface area contributed by atoms with Gasteiger partial charge < -0.3 is 19.1 Å². The lowest BCUT2D eigenvalue weighted by atomic mass is 10.2. The van der Waals surface area contributed by atoms with Crippen LogP contribution in [-0.4, -0.2) is 37.8 Å². The fourth-order valence-electron chi connectivity index (χ4n) is 2.49. The van der Waals surface area contributed by atoms with Crippen molar-refractivity contribution in [3.05, 3.63) is 47.7 Å². The molecule has 0 fully saturated rings. The average Bonchev–Trinajstić information content (AvgIpc) is 2.62. The van der Waals surface area contributed by atoms with Gasteiger partial charge in [0.25, 0.3) is 0 Å². The van der Waals surface area contributed by atoms with Crippen molar-refractivity contribution in [3.8, 4) is 11.5 Å². The Kier molecular flexibility index (Phi) is 4.84. The van der Waals surface area contributed by atoms with Crippen molar-refractivity contribution in [1.82, 2.24) is 4.98 Å². The molecule has 0 N–H and O–H groups in total. The largest absolute Gasteiger partial charge is 0.486 e. The number of fused-ring (bicyclic) bond motifs is 1. The molecule has 3 rings (SSSR count). The second-order valence-electron chi connectivity index (χ2n) is 5.46. The van der Waals surface area contributed by atoms with Crippen molar-refractivity contribution >= 4 is 11.8 Å². The number of esters is 1. The van der Waals surface area contributed by atoms with Crippen LogP contribution in [0, 0.1) is 0 Å². The summed E-state index contributed by atoms with van der Waals surface area (Å²) in [6.45, 7) is 3.96. The lowest BCUT2D eigenvalue weighted by Crippen LogP contribution is -2.19. The number of pyridine rings is 1. The molecule has 24 heavy (non-hydrogen) atoms. The van der Waals surface area contributed by atoms with Gasteiger partial charge in [-0.3, -0.25) is 0 Å². The Hall–Kier alpha value is -2.76. The second kappa shape index (κ2) is 7.21. The SMILES string of the molecule is CCOC(=O)c1ccc(N(C)Cc2ccc3c(c2)OCCO3)nc1. The Labute approximate surface area is 141 Å². The van der Waals surface area contributed by atoms with Gasteiger partial charge in [-0.1, -0.05) is 6.07 Å². The van der Waals surface area contributed by atoms with Gasteiger partial charge in [-0.15, -0.1) is 0 Å². The highest BCUT2D eigenvalue weighted by Crippen LogP contribution is 2.31. The summed E-state index contributed by atoms with van der Waals surface area (Å²) in [5.74, 6) is 1.98. The van der Waals surface area contributed by atoms with Gasteiger partial charge in [-0.2, -0.15) is 0 Å². The van der Waals surface area contributed by atoms with Crippen LogP contribution in [-0.2, 0) is 11.3 Å². The fraction of sp³-hybridized carbons (Fsp3) is 0.333. The normalized spacial score (nSPS) is 12.6. The van der Waals surface area contributed by atoms with Crippen LogP contribution in [0.1, 0.15) is 22.8 Å². The minimum absolute atomic E-state index is 0.352. The van der Waals surface area contributed by atoms with Crippen LogP contribution in [0.15, 0.2) is 36.5 Å². The Balaban J connectivity index is 1.68. The van der Waals surface area contributed by atoms with Gasteiger partial charge in [0.15, 0.2) is 11.5 Å². The van der Waals surface area contributed by atoms with E-state index in [1.807, 2.05) is 36.2 Å². The molecule has 1 aliphatic heterocycles. The molecule has 1 aromatic carbocycles. The maximum Gasteiger partial charge on any atom is 0.339 e. The molecule has 1 aromatic heterocycles. The number of benzene rings is 1. The van der Waals surface area contributed by atoms with E-state index >= 15 is 0 Å². The third-order valence-electron chi connectivity index (χ3n) is 3.68. The van der Waals surface area contributed by atoms with Crippen LogP contribution >= 0.6 is 0 Å². The Morgan fingerprint density at radius 1 is 1.21 bits per heavy atom. The number of anilines is 1. The molecular formula is C18H20N2O4. The van der Waals surface area contributed by atoms with Crippen LogP contribution in [0.5, 0.6) is 11.5 Å². The number of carbonyl (C=O) groups excluding carboxylic acids is 1. The van der Waals surface area contributed by atoms with Gasteiger partial charge in [0.1, 0.15) is 19.0 Å². The Morgan fingerprint density at radius 3 is 2.71 bits per heavy atom. The van der Waals surface area contributed by atoms with E-state index in [0.717, 1.165) is 22.9 Å². The van der Waals surface area contributed by atoms with E-state index in [9.17, 15) is 4.79 Å². The molecule has 0 saturated heterocycles. The molecule has 0 amide bonds. The van der Waals surface area contributed by atoms with Crippen LogP contribution < -0.4 is 14.4 Å². The summed E-state index contributed by atoms with van der Waals surface area (Å²) in [5, 5.41) is 0. The van der Waals surface area contributed by atoms with Gasteiger partial charge in [0.05, 0.1) is 12.2 Å². The molecule has 0 aliphatic carbocycles. The molecular weight excluding hydrogens is 308 g/mol. The highest BCUT2D eigenvalue weighted by Gasteiger charge is 2.13. The van der Waals surface area contributed by atoms with E-state index in [0.29, 0.717) is 31.9 Å². The zero-order chi connectivity index (χ0) is 16.9. The third kappa shape index (κ3) is 3.59. The first-order valence-corrected chi connectivity index (χ1v) is 7.90. The average molecular weight is 328 g/mol. The van der Waals surface area contributed by atoms with Gasteiger partial charge in [-0.05, 0) is 36.8 Å². The summed E-state index contributed by atoms with van der Waals surface area (Å²) in [5.41, 5.74) is 1.55. The first kappa shape index (κ1) is 16.1. The standard InChI is InChI=1S/C18H20N2O4/c1-3-22-18(21)14-5-7-17(19-11-14)20(2)12-13-4-6-15-16(10-13)24-9-8-23-15/h4-7,10-11H,3,8-9,12H2,1-2H3. The topological polar surface area (TPSA) is 60.9 Å². The number of hydrogen-bond acceptors (Lipinski definition) is 6. The van der Waals surface area contributed by atoms with E-state index < -0.39 is 0 Å². The number of nitrogens with zero attached hydrogens (tertiary/aromatic N) is 2. The highest BCUT2D eigenvalue weighted by atomic mass is 16.6. The van der Waals surface area contributed by atoms with Crippen molar-refractivity contribution in [2.45, 2.75) is 13.5 Å². The molecule has 6 heteroatoms. The fourth-order valence-corrected chi connectivity index (χ4v) is 2.49. The molecule has 1 aliphatic rings. The lowest BCUT2D eigenvalue weighted by molar-refractivity contribution is 0.0526. The van der Waals surface area contributed by atoms with Crippen LogP contribution in [0.3, 0.4) is 0 Å². The molecule has 2 heterocycles. The minimum atomic E-state index is -0.356. The molecule has 0 spiro atoms. The minimum Gasteiger partial charge on any atom is -0.486 e. The molecule has 6 nitrogen and oxygen atoms in total. The summed E-state index contributed by atoms with van der Waals surface area (Å²) in [7, 11) is 1.95.